The second kappa shape index (κ2) is 8.15. The van der Waals surface area contributed by atoms with E-state index in [-0.39, 0.29) is 36.1 Å². The van der Waals surface area contributed by atoms with Crippen LogP contribution in [0.2, 0.25) is 0 Å². The van der Waals surface area contributed by atoms with Crippen LogP contribution in [0.1, 0.15) is 48.0 Å². The third-order valence-corrected chi connectivity index (χ3v) is 5.43. The molecule has 0 atom stereocenters. The minimum absolute atomic E-state index is 0.00307. The van der Waals surface area contributed by atoms with E-state index < -0.39 is 11.6 Å². The van der Waals surface area contributed by atoms with E-state index in [1.165, 1.54) is 18.2 Å². The van der Waals surface area contributed by atoms with Crippen LogP contribution in [0.5, 0.6) is 0 Å². The average molecular weight is 394 g/mol. The second-order valence-corrected chi connectivity index (χ2v) is 7.66. The van der Waals surface area contributed by atoms with Crippen LogP contribution in [0.25, 0.3) is 0 Å². The summed E-state index contributed by atoms with van der Waals surface area (Å²) in [6, 6.07) is 11.4. The molecule has 2 aromatic rings. The van der Waals surface area contributed by atoms with Gasteiger partial charge in [-0.15, -0.1) is 0 Å². The molecule has 0 bridgehead atoms. The summed E-state index contributed by atoms with van der Waals surface area (Å²) in [5, 5.41) is 2.79. The van der Waals surface area contributed by atoms with Crippen LogP contribution >= 0.6 is 0 Å². The molecule has 150 valence electrons. The number of hydrogen-bond acceptors (Lipinski definition) is 3. The predicted octanol–water partition coefficient (Wildman–Crippen LogP) is 4.12. The van der Waals surface area contributed by atoms with Gasteiger partial charge in [0.05, 0.1) is 5.56 Å². The minimum Gasteiger partial charge on any atom is -0.326 e. The monoisotopic (exact) mass is 394 g/mol. The summed E-state index contributed by atoms with van der Waals surface area (Å²) in [5.41, 5.74) is 2.58. The van der Waals surface area contributed by atoms with E-state index in [1.807, 2.05) is 23.1 Å². The Hall–Kier alpha value is -3.02. The molecule has 1 aliphatic carbocycles. The summed E-state index contributed by atoms with van der Waals surface area (Å²) in [4.78, 5) is 38.8. The van der Waals surface area contributed by atoms with E-state index in [2.05, 4.69) is 5.32 Å². The first-order valence-electron chi connectivity index (χ1n) is 10.0. The molecule has 29 heavy (non-hydrogen) atoms. The predicted molar refractivity (Wildman–Crippen MR) is 108 cm³/mol. The average Bonchev–Trinajstić information content (AvgIpc) is 3.57. The lowest BCUT2D eigenvalue weighted by Gasteiger charge is -2.30. The van der Waals surface area contributed by atoms with Crippen LogP contribution in [0.15, 0.2) is 42.5 Å². The van der Waals surface area contributed by atoms with Crippen molar-refractivity contribution in [2.45, 2.75) is 38.5 Å². The first-order valence-corrected chi connectivity index (χ1v) is 10.0. The van der Waals surface area contributed by atoms with E-state index in [1.54, 1.807) is 6.07 Å². The Morgan fingerprint density at radius 1 is 1.07 bits per heavy atom. The fourth-order valence-corrected chi connectivity index (χ4v) is 3.70. The highest BCUT2D eigenvalue weighted by Gasteiger charge is 2.35. The van der Waals surface area contributed by atoms with E-state index in [0.29, 0.717) is 12.2 Å². The number of anilines is 2. The number of nitrogens with zero attached hydrogens (tertiary/aromatic N) is 1. The number of amides is 2. The van der Waals surface area contributed by atoms with Crippen LogP contribution in [-0.2, 0) is 16.0 Å². The molecule has 6 heteroatoms. The van der Waals surface area contributed by atoms with E-state index in [0.717, 1.165) is 36.9 Å². The van der Waals surface area contributed by atoms with E-state index in [9.17, 15) is 18.8 Å². The Morgan fingerprint density at radius 2 is 1.86 bits per heavy atom. The minimum atomic E-state index is -0.576. The van der Waals surface area contributed by atoms with Gasteiger partial charge in [-0.25, -0.2) is 4.39 Å². The molecule has 1 N–H and O–H groups in total. The van der Waals surface area contributed by atoms with Gasteiger partial charge in [-0.1, -0.05) is 18.2 Å². The molecule has 1 heterocycles. The molecule has 1 saturated carbocycles. The van der Waals surface area contributed by atoms with Crippen LogP contribution in [0.3, 0.4) is 0 Å². The Kier molecular flexibility index (Phi) is 5.43. The summed E-state index contributed by atoms with van der Waals surface area (Å²) in [5.74, 6) is -0.975. The smallest absolute Gasteiger partial charge is 0.230 e. The number of aryl methyl sites for hydroxylation is 1. The Labute approximate surface area is 168 Å². The molecular weight excluding hydrogens is 371 g/mol. The van der Waals surface area contributed by atoms with Crippen LogP contribution in [0, 0.1) is 11.7 Å². The number of hydrogen-bond donors (Lipinski definition) is 1. The zero-order valence-corrected chi connectivity index (χ0v) is 16.1. The molecule has 1 fully saturated rings. The lowest BCUT2D eigenvalue weighted by molar-refractivity contribution is -0.120. The van der Waals surface area contributed by atoms with Gasteiger partial charge in [0, 0.05) is 36.7 Å². The van der Waals surface area contributed by atoms with Gasteiger partial charge in [0.15, 0.2) is 5.78 Å². The van der Waals surface area contributed by atoms with Gasteiger partial charge in [0.1, 0.15) is 5.82 Å². The molecule has 2 amide bonds. The maximum absolute atomic E-state index is 13.7. The van der Waals surface area contributed by atoms with Gasteiger partial charge in [0.25, 0.3) is 0 Å². The van der Waals surface area contributed by atoms with Crippen molar-refractivity contribution in [1.29, 1.82) is 0 Å². The molecule has 0 aromatic heterocycles. The molecule has 0 radical (unpaired) electrons. The molecule has 2 aliphatic rings. The number of benzene rings is 2. The largest absolute Gasteiger partial charge is 0.326 e. The summed E-state index contributed by atoms with van der Waals surface area (Å²) in [7, 11) is 0. The number of halogens is 1. The maximum atomic E-state index is 13.7. The molecule has 5 nitrogen and oxygen atoms in total. The fourth-order valence-electron chi connectivity index (χ4n) is 3.70. The SMILES string of the molecule is O=C(CCC(=O)c1ccccc1F)Nc1ccc2c(c1)N(C(=O)C1CC1)CCC2. The number of Topliss-reactive ketones (excluding diaryl/α,β-unsaturated/α-hetero) is 1. The summed E-state index contributed by atoms with van der Waals surface area (Å²) in [6.07, 6.45) is 3.66. The zero-order chi connectivity index (χ0) is 20.4. The Morgan fingerprint density at radius 3 is 2.62 bits per heavy atom. The second-order valence-electron chi connectivity index (χ2n) is 7.66. The first-order chi connectivity index (χ1) is 14.0. The lowest BCUT2D eigenvalue weighted by atomic mass is 10.0. The van der Waals surface area contributed by atoms with Gasteiger partial charge in [-0.3, -0.25) is 14.4 Å². The van der Waals surface area contributed by atoms with Gasteiger partial charge >= 0.3 is 0 Å². The molecule has 0 saturated heterocycles. The first kappa shape index (κ1) is 19.3. The normalized spacial score (nSPS) is 15.6. The Bertz CT molecular complexity index is 968. The highest BCUT2D eigenvalue weighted by molar-refractivity contribution is 6.01. The van der Waals surface area contributed by atoms with Crippen molar-refractivity contribution < 1.29 is 18.8 Å². The number of ketones is 1. The van der Waals surface area contributed by atoms with Crippen molar-refractivity contribution in [2.24, 2.45) is 5.92 Å². The maximum Gasteiger partial charge on any atom is 0.230 e. The molecule has 2 aromatic carbocycles. The van der Waals surface area contributed by atoms with Crippen molar-refractivity contribution in [3.05, 3.63) is 59.4 Å². The van der Waals surface area contributed by atoms with Gasteiger partial charge < -0.3 is 10.2 Å². The van der Waals surface area contributed by atoms with Crippen molar-refractivity contribution in [3.8, 4) is 0 Å². The Balaban J connectivity index is 1.40. The number of carbonyl (C=O) groups excluding carboxylic acids is 3. The van der Waals surface area contributed by atoms with Crippen molar-refractivity contribution in [1.82, 2.24) is 0 Å². The summed E-state index contributed by atoms with van der Waals surface area (Å²) >= 11 is 0. The van der Waals surface area contributed by atoms with Gasteiger partial charge in [-0.05, 0) is 55.5 Å². The quantitative estimate of drug-likeness (QED) is 0.750. The van der Waals surface area contributed by atoms with E-state index >= 15 is 0 Å². The fraction of sp³-hybridized carbons (Fsp3) is 0.348. The van der Waals surface area contributed by atoms with Gasteiger partial charge in [-0.2, -0.15) is 0 Å². The van der Waals surface area contributed by atoms with Crippen molar-refractivity contribution in [2.75, 3.05) is 16.8 Å². The molecular formula is C23H23FN2O3. The summed E-state index contributed by atoms with van der Waals surface area (Å²) < 4.78 is 13.7. The molecule has 4 rings (SSSR count). The molecule has 1 aliphatic heterocycles. The molecule has 0 unspecified atom stereocenters. The molecule has 0 spiro atoms. The number of carbonyl (C=O) groups is 3. The van der Waals surface area contributed by atoms with Crippen LogP contribution in [0.4, 0.5) is 15.8 Å². The van der Waals surface area contributed by atoms with Crippen molar-refractivity contribution >= 4 is 29.0 Å². The van der Waals surface area contributed by atoms with Crippen LogP contribution in [-0.4, -0.2) is 24.1 Å². The lowest BCUT2D eigenvalue weighted by Crippen LogP contribution is -2.36. The van der Waals surface area contributed by atoms with Crippen molar-refractivity contribution in [3.63, 3.8) is 0 Å². The summed E-state index contributed by atoms with van der Waals surface area (Å²) in [6.45, 7) is 0.705. The third kappa shape index (κ3) is 4.36. The zero-order valence-electron chi connectivity index (χ0n) is 16.1. The number of fused-ring (bicyclic) bond motifs is 1. The van der Waals surface area contributed by atoms with E-state index in [4.69, 9.17) is 0 Å². The highest BCUT2D eigenvalue weighted by atomic mass is 19.1. The third-order valence-electron chi connectivity index (χ3n) is 5.43. The van der Waals surface area contributed by atoms with Crippen LogP contribution < -0.4 is 10.2 Å². The highest BCUT2D eigenvalue weighted by Crippen LogP contribution is 2.36. The topological polar surface area (TPSA) is 66.5 Å². The number of nitrogens with one attached hydrogen (secondary N) is 1. The van der Waals surface area contributed by atoms with Gasteiger partial charge in [0.2, 0.25) is 11.8 Å². The standard InChI is InChI=1S/C23H23FN2O3/c24-19-6-2-1-5-18(19)21(27)11-12-22(28)25-17-10-9-15-4-3-13-26(20(15)14-17)23(29)16-7-8-16/h1-2,5-6,9-10,14,16H,3-4,7-8,11-13H2,(H,25,28). The number of rotatable bonds is 6.